The molecule has 0 spiro atoms. The van der Waals surface area contributed by atoms with Gasteiger partial charge in [0, 0.05) is 24.2 Å². The molecule has 0 aliphatic rings. The van der Waals surface area contributed by atoms with Crippen LogP contribution in [0.15, 0.2) is 47.7 Å². The van der Waals surface area contributed by atoms with E-state index in [-0.39, 0.29) is 23.8 Å². The number of halogens is 1. The zero-order valence-electron chi connectivity index (χ0n) is 21.1. The molecule has 4 aromatic rings. The zero-order chi connectivity index (χ0) is 26.2. The second-order valence-electron chi connectivity index (χ2n) is 9.31. The van der Waals surface area contributed by atoms with E-state index in [1.54, 1.807) is 68.9 Å². The van der Waals surface area contributed by atoms with Crippen LogP contribution in [0.4, 0.5) is 4.39 Å². The van der Waals surface area contributed by atoms with Crippen LogP contribution in [0, 0.1) is 33.5 Å². The number of ether oxygens (including phenoxy) is 1. The Morgan fingerprint density at radius 1 is 1.00 bits per heavy atom. The van der Waals surface area contributed by atoms with Gasteiger partial charge in [-0.05, 0) is 70.9 Å². The molecule has 0 aromatic carbocycles. The van der Waals surface area contributed by atoms with Gasteiger partial charge in [0.1, 0.15) is 23.8 Å². The third-order valence-electron chi connectivity index (χ3n) is 5.85. The van der Waals surface area contributed by atoms with Gasteiger partial charge < -0.3 is 9.84 Å². The van der Waals surface area contributed by atoms with E-state index in [4.69, 9.17) is 4.74 Å². The van der Waals surface area contributed by atoms with Crippen LogP contribution in [0.2, 0.25) is 0 Å². The molecule has 0 aliphatic heterocycles. The van der Waals surface area contributed by atoms with Crippen LogP contribution in [0.3, 0.4) is 0 Å². The Labute approximate surface area is 208 Å². The van der Waals surface area contributed by atoms with E-state index in [1.807, 2.05) is 13.8 Å². The molecule has 186 valence electrons. The molecule has 0 radical (unpaired) electrons. The summed E-state index contributed by atoms with van der Waals surface area (Å²) < 4.78 is 21.0. The number of hydrogen-bond donors (Lipinski definition) is 1. The van der Waals surface area contributed by atoms with Crippen molar-refractivity contribution in [1.82, 2.24) is 24.5 Å². The van der Waals surface area contributed by atoms with Gasteiger partial charge in [-0.15, -0.1) is 0 Å². The maximum atomic E-state index is 13.5. The first-order chi connectivity index (χ1) is 17.0. The number of pyridine rings is 3. The van der Waals surface area contributed by atoms with Gasteiger partial charge >= 0.3 is 0 Å². The first-order valence-electron chi connectivity index (χ1n) is 11.5. The van der Waals surface area contributed by atoms with E-state index in [2.05, 4.69) is 19.9 Å². The van der Waals surface area contributed by atoms with Gasteiger partial charge in [-0.25, -0.2) is 14.4 Å². The lowest BCUT2D eigenvalue weighted by Gasteiger charge is -2.18. The summed E-state index contributed by atoms with van der Waals surface area (Å²) in [5, 5.41) is 10.3. The lowest BCUT2D eigenvalue weighted by atomic mass is 10.1. The van der Waals surface area contributed by atoms with E-state index in [0.29, 0.717) is 45.3 Å². The highest BCUT2D eigenvalue weighted by Gasteiger charge is 2.21. The summed E-state index contributed by atoms with van der Waals surface area (Å²) in [7, 11) is 0. The summed E-state index contributed by atoms with van der Waals surface area (Å²) >= 11 is 0. The topological polar surface area (TPSA) is 103 Å². The Kier molecular flexibility index (Phi) is 6.69. The molecule has 9 heteroatoms. The molecule has 8 nitrogen and oxygen atoms in total. The molecule has 36 heavy (non-hydrogen) atoms. The number of hydrogen-bond acceptors (Lipinski definition) is 7. The number of aromatic nitrogens is 5. The molecule has 0 saturated carbocycles. The molecule has 0 fully saturated rings. The lowest BCUT2D eigenvalue weighted by molar-refractivity contribution is 0.0688. The van der Waals surface area contributed by atoms with Crippen LogP contribution < -0.4 is 10.3 Å². The molecule has 0 bridgehead atoms. The molecule has 0 atom stereocenters. The molecule has 4 rings (SSSR count). The number of aliphatic hydroxyl groups is 1. The zero-order valence-corrected chi connectivity index (χ0v) is 21.1. The van der Waals surface area contributed by atoms with Crippen molar-refractivity contribution in [2.24, 2.45) is 0 Å². The van der Waals surface area contributed by atoms with Crippen molar-refractivity contribution in [3.8, 4) is 22.8 Å². The van der Waals surface area contributed by atoms with Gasteiger partial charge in [0.25, 0.3) is 5.56 Å². The van der Waals surface area contributed by atoms with Crippen molar-refractivity contribution in [1.29, 1.82) is 0 Å². The number of rotatable bonds is 6. The van der Waals surface area contributed by atoms with Gasteiger partial charge in [-0.3, -0.25) is 19.3 Å². The largest absolute Gasteiger partial charge is 0.487 e. The Morgan fingerprint density at radius 3 is 2.44 bits per heavy atom. The highest BCUT2D eigenvalue weighted by Crippen LogP contribution is 2.25. The van der Waals surface area contributed by atoms with Gasteiger partial charge in [-0.1, -0.05) is 0 Å². The van der Waals surface area contributed by atoms with Crippen molar-refractivity contribution in [3.05, 3.63) is 92.9 Å². The normalized spacial score (nSPS) is 11.6. The van der Waals surface area contributed by atoms with Gasteiger partial charge in [0.05, 0.1) is 34.5 Å². The first kappa shape index (κ1) is 25.1. The summed E-state index contributed by atoms with van der Waals surface area (Å²) in [4.78, 5) is 30.6. The average Bonchev–Trinajstić information content (AvgIpc) is 2.83. The third kappa shape index (κ3) is 5.01. The summed E-state index contributed by atoms with van der Waals surface area (Å²) in [6, 6.07) is 6.92. The van der Waals surface area contributed by atoms with E-state index >= 15 is 0 Å². The fourth-order valence-corrected chi connectivity index (χ4v) is 3.76. The average molecular weight is 490 g/mol. The van der Waals surface area contributed by atoms with E-state index in [9.17, 15) is 14.3 Å². The van der Waals surface area contributed by atoms with Crippen molar-refractivity contribution in [2.75, 3.05) is 0 Å². The Morgan fingerprint density at radius 2 is 1.75 bits per heavy atom. The van der Waals surface area contributed by atoms with E-state index in [1.165, 1.54) is 0 Å². The maximum Gasteiger partial charge on any atom is 0.261 e. The minimum absolute atomic E-state index is 0.112. The van der Waals surface area contributed by atoms with E-state index in [0.717, 1.165) is 11.8 Å². The molecular formula is C27H28FN5O3. The van der Waals surface area contributed by atoms with Crippen LogP contribution in [0.5, 0.6) is 5.75 Å². The maximum absolute atomic E-state index is 13.5. The molecular weight excluding hydrogens is 461 g/mol. The molecule has 0 aliphatic carbocycles. The van der Waals surface area contributed by atoms with Gasteiger partial charge in [0.2, 0.25) is 0 Å². The monoisotopic (exact) mass is 489 g/mol. The Hall–Kier alpha value is -3.98. The number of aryl methyl sites for hydroxylation is 3. The van der Waals surface area contributed by atoms with Crippen molar-refractivity contribution < 1.29 is 14.2 Å². The standard InChI is InChI=1S/C27H28FN5O3/c1-15-9-19(30-13-20(15)28)14-36-24-10-17(3)33(25(34)18(24)4)23-11-22(31-12-16(23)2)21-7-8-29-26(32-21)27(5,6)35/h7-13,35H,14H2,1-6H3. The van der Waals surface area contributed by atoms with E-state index < -0.39 is 5.60 Å². The van der Waals surface area contributed by atoms with Crippen LogP contribution in [-0.4, -0.2) is 29.6 Å². The van der Waals surface area contributed by atoms with Crippen LogP contribution in [-0.2, 0) is 12.2 Å². The van der Waals surface area contributed by atoms with Crippen molar-refractivity contribution in [2.45, 2.75) is 53.8 Å². The predicted molar refractivity (Wildman–Crippen MR) is 134 cm³/mol. The minimum atomic E-state index is -1.20. The quantitative estimate of drug-likeness (QED) is 0.432. The smallest absolute Gasteiger partial charge is 0.261 e. The van der Waals surface area contributed by atoms with Crippen LogP contribution in [0.1, 0.15) is 47.8 Å². The van der Waals surface area contributed by atoms with Gasteiger partial charge in [0.15, 0.2) is 5.82 Å². The molecule has 0 saturated heterocycles. The number of nitrogens with zero attached hydrogens (tertiary/aromatic N) is 5. The Bertz CT molecular complexity index is 1510. The summed E-state index contributed by atoms with van der Waals surface area (Å²) in [6.45, 7) is 10.4. The fourth-order valence-electron chi connectivity index (χ4n) is 3.76. The molecule has 4 aromatic heterocycles. The molecule has 1 N–H and O–H groups in total. The lowest BCUT2D eigenvalue weighted by Crippen LogP contribution is -2.24. The van der Waals surface area contributed by atoms with Crippen LogP contribution >= 0.6 is 0 Å². The molecule has 0 unspecified atom stereocenters. The Balaban J connectivity index is 1.71. The molecule has 0 amide bonds. The summed E-state index contributed by atoms with van der Waals surface area (Å²) in [5.74, 6) is 0.342. The van der Waals surface area contributed by atoms with Crippen molar-refractivity contribution >= 4 is 0 Å². The highest BCUT2D eigenvalue weighted by molar-refractivity contribution is 5.59. The third-order valence-corrected chi connectivity index (χ3v) is 5.85. The van der Waals surface area contributed by atoms with Crippen LogP contribution in [0.25, 0.3) is 17.1 Å². The first-order valence-corrected chi connectivity index (χ1v) is 11.5. The SMILES string of the molecule is Cc1cc(COc2cc(C)n(-c3cc(-c4ccnc(C(C)(C)O)n4)ncc3C)c(=O)c2C)ncc1F. The second kappa shape index (κ2) is 9.58. The van der Waals surface area contributed by atoms with Crippen molar-refractivity contribution in [3.63, 3.8) is 0 Å². The second-order valence-corrected chi connectivity index (χ2v) is 9.31. The summed E-state index contributed by atoms with van der Waals surface area (Å²) in [6.07, 6.45) is 4.42. The molecule has 4 heterocycles. The fraction of sp³-hybridized carbons (Fsp3) is 0.296. The predicted octanol–water partition coefficient (Wildman–Crippen LogP) is 4.26. The minimum Gasteiger partial charge on any atom is -0.487 e. The highest BCUT2D eigenvalue weighted by atomic mass is 19.1. The summed E-state index contributed by atoms with van der Waals surface area (Å²) in [5.41, 5.74) is 3.27. The van der Waals surface area contributed by atoms with Gasteiger partial charge in [-0.2, -0.15) is 0 Å².